The summed E-state index contributed by atoms with van der Waals surface area (Å²) in [6.45, 7) is 10.3. The molecule has 0 unspecified atom stereocenters. The third-order valence-corrected chi connectivity index (χ3v) is 7.16. The van der Waals surface area contributed by atoms with Gasteiger partial charge in [-0.1, -0.05) is 128 Å². The summed E-state index contributed by atoms with van der Waals surface area (Å²) in [4.78, 5) is 7.06. The van der Waals surface area contributed by atoms with Crippen LogP contribution in [0, 0.1) is 6.92 Å². The van der Waals surface area contributed by atoms with Gasteiger partial charge in [0.25, 0.3) is 0 Å². The highest BCUT2D eigenvalue weighted by molar-refractivity contribution is 5.64. The molecule has 0 saturated carbocycles. The van der Waals surface area contributed by atoms with Crippen LogP contribution in [0.2, 0.25) is 0 Å². The molecule has 0 radical (unpaired) electrons. The molecule has 0 spiro atoms. The Kier molecular flexibility index (Phi) is 9.58. The van der Waals surface area contributed by atoms with Gasteiger partial charge in [-0.2, -0.15) is 0 Å². The summed E-state index contributed by atoms with van der Waals surface area (Å²) in [6, 6.07) is 37.8. The molecule has 4 rings (SSSR count). The number of nitrogens with zero attached hydrogens (tertiary/aromatic N) is 2. The molecule has 4 heteroatoms. The first-order chi connectivity index (χ1) is 19.5. The number of allylic oxidation sites excluding steroid dienone is 1. The molecular weight excluding hydrogens is 488 g/mol. The van der Waals surface area contributed by atoms with Gasteiger partial charge in [0, 0.05) is 31.5 Å². The van der Waals surface area contributed by atoms with Crippen LogP contribution in [0.3, 0.4) is 0 Å². The fourth-order valence-corrected chi connectivity index (χ4v) is 5.19. The highest BCUT2D eigenvalue weighted by Crippen LogP contribution is 2.41. The topological polar surface area (TPSA) is 53.6 Å². The fourth-order valence-electron chi connectivity index (χ4n) is 5.19. The van der Waals surface area contributed by atoms with Crippen LogP contribution < -0.4 is 11.1 Å². The molecule has 0 aliphatic heterocycles. The lowest BCUT2D eigenvalue weighted by Crippen LogP contribution is -2.36. The first-order valence-corrected chi connectivity index (χ1v) is 13.8. The molecule has 0 bridgehead atoms. The number of aliphatic imine (C=N–C) groups is 1. The molecule has 0 aliphatic rings. The Morgan fingerprint density at radius 3 is 2.10 bits per heavy atom. The predicted molar refractivity (Wildman–Crippen MR) is 170 cm³/mol. The summed E-state index contributed by atoms with van der Waals surface area (Å²) < 4.78 is 0. The van der Waals surface area contributed by atoms with Gasteiger partial charge in [-0.05, 0) is 47.2 Å². The zero-order valence-corrected chi connectivity index (χ0v) is 23.8. The van der Waals surface area contributed by atoms with Crippen LogP contribution in [0.1, 0.15) is 46.7 Å². The Bertz CT molecular complexity index is 1420. The van der Waals surface area contributed by atoms with E-state index in [2.05, 4.69) is 117 Å². The highest BCUT2D eigenvalue weighted by atomic mass is 15.1. The van der Waals surface area contributed by atoms with Gasteiger partial charge >= 0.3 is 0 Å². The predicted octanol–water partition coefficient (Wildman–Crippen LogP) is 7.41. The molecule has 0 saturated heterocycles. The molecule has 0 aromatic heterocycles. The minimum absolute atomic E-state index is 0.672. The number of nitrogens with two attached hydrogens (primary N) is 1. The lowest BCUT2D eigenvalue weighted by Gasteiger charge is -2.38. The number of aryl methyl sites for hydroxylation is 1. The zero-order valence-electron chi connectivity index (χ0n) is 23.8. The molecule has 204 valence electrons. The van der Waals surface area contributed by atoms with Crippen LogP contribution in [0.25, 0.3) is 5.70 Å². The van der Waals surface area contributed by atoms with E-state index in [9.17, 15) is 0 Å². The summed E-state index contributed by atoms with van der Waals surface area (Å²) >= 11 is 0. The van der Waals surface area contributed by atoms with Crippen LogP contribution in [-0.2, 0) is 18.6 Å². The summed E-state index contributed by atoms with van der Waals surface area (Å²) in [5.74, 6) is 0. The number of hydrogen-bond acceptors (Lipinski definition) is 3. The van der Waals surface area contributed by atoms with E-state index in [1.807, 2.05) is 36.4 Å². The van der Waals surface area contributed by atoms with E-state index >= 15 is 0 Å². The Balaban J connectivity index is 1.61. The standard InChI is InChI=1S/C36H40N4/c1-5-14-35(38-25-30-16-12-15-28(2)23-30)32-18-13-17-31(24-32)26-40(4)29(3)36(39-27-37,33-19-8-6-9-20-33)34-21-10-7-11-22-34/h6-24,27,38H,3,5,25-26H2,1-2,4H3,(H2,37,39)/b35-14-. The van der Waals surface area contributed by atoms with Crippen molar-refractivity contribution in [2.75, 3.05) is 7.05 Å². The molecule has 40 heavy (non-hydrogen) atoms. The van der Waals surface area contributed by atoms with Crippen molar-refractivity contribution in [2.45, 2.75) is 38.9 Å². The van der Waals surface area contributed by atoms with Crippen LogP contribution >= 0.6 is 0 Å². The quantitative estimate of drug-likeness (QED) is 0.149. The lowest BCUT2D eigenvalue weighted by molar-refractivity contribution is 0.350. The molecule has 0 atom stereocenters. The van der Waals surface area contributed by atoms with Crippen molar-refractivity contribution < 1.29 is 0 Å². The third kappa shape index (κ3) is 6.52. The minimum atomic E-state index is -0.841. The molecule has 0 fully saturated rings. The maximum Gasteiger partial charge on any atom is 0.151 e. The Morgan fingerprint density at radius 2 is 1.50 bits per heavy atom. The second kappa shape index (κ2) is 13.5. The van der Waals surface area contributed by atoms with Crippen molar-refractivity contribution in [3.63, 3.8) is 0 Å². The van der Waals surface area contributed by atoms with Crippen molar-refractivity contribution in [2.24, 2.45) is 10.7 Å². The van der Waals surface area contributed by atoms with Gasteiger partial charge in [-0.3, -0.25) is 4.99 Å². The molecule has 4 nitrogen and oxygen atoms in total. The SMILES string of the molecule is C=C(N(C)Cc1cccc(/C(=C/CC)NCc2cccc(C)c2)c1)C(N=CN)(c1ccccc1)c1ccccc1. The van der Waals surface area contributed by atoms with Crippen molar-refractivity contribution in [1.82, 2.24) is 10.2 Å². The maximum atomic E-state index is 5.98. The number of rotatable bonds is 12. The van der Waals surface area contributed by atoms with Gasteiger partial charge < -0.3 is 16.0 Å². The average Bonchev–Trinajstić information content (AvgIpc) is 2.99. The van der Waals surface area contributed by atoms with Crippen molar-refractivity contribution in [3.05, 3.63) is 161 Å². The van der Waals surface area contributed by atoms with Gasteiger partial charge in [0.1, 0.15) is 0 Å². The molecule has 4 aromatic rings. The first-order valence-electron chi connectivity index (χ1n) is 13.8. The average molecular weight is 529 g/mol. The molecule has 0 aliphatic carbocycles. The lowest BCUT2D eigenvalue weighted by atomic mass is 9.80. The number of benzene rings is 4. The van der Waals surface area contributed by atoms with Gasteiger partial charge in [0.15, 0.2) is 5.54 Å². The van der Waals surface area contributed by atoms with E-state index in [1.165, 1.54) is 28.6 Å². The fraction of sp³-hybridized carbons (Fsp3) is 0.194. The largest absolute Gasteiger partial charge is 0.390 e. The molecule has 0 amide bonds. The van der Waals surface area contributed by atoms with Crippen LogP contribution in [0.5, 0.6) is 0 Å². The Hall–Kier alpha value is -4.57. The number of hydrogen-bond donors (Lipinski definition) is 2. The van der Waals surface area contributed by atoms with E-state index in [1.54, 1.807) is 0 Å². The van der Waals surface area contributed by atoms with Crippen molar-refractivity contribution in [1.29, 1.82) is 0 Å². The van der Waals surface area contributed by atoms with Crippen LogP contribution in [0.15, 0.2) is 133 Å². The van der Waals surface area contributed by atoms with Crippen LogP contribution in [0.4, 0.5) is 0 Å². The van der Waals surface area contributed by atoms with Crippen LogP contribution in [-0.4, -0.2) is 18.3 Å². The van der Waals surface area contributed by atoms with E-state index in [0.29, 0.717) is 6.54 Å². The van der Waals surface area contributed by atoms with E-state index in [0.717, 1.165) is 35.5 Å². The molecule has 4 aromatic carbocycles. The zero-order chi connectivity index (χ0) is 28.4. The first kappa shape index (κ1) is 28.4. The smallest absolute Gasteiger partial charge is 0.151 e. The second-order valence-corrected chi connectivity index (χ2v) is 10.1. The molecule has 3 N–H and O–H groups in total. The van der Waals surface area contributed by atoms with Crippen molar-refractivity contribution in [3.8, 4) is 0 Å². The molecule has 0 heterocycles. The third-order valence-electron chi connectivity index (χ3n) is 7.16. The summed E-state index contributed by atoms with van der Waals surface area (Å²) in [6.07, 6.45) is 4.59. The Morgan fingerprint density at radius 1 is 0.875 bits per heavy atom. The monoisotopic (exact) mass is 528 g/mol. The van der Waals surface area contributed by atoms with Gasteiger partial charge in [-0.15, -0.1) is 0 Å². The van der Waals surface area contributed by atoms with Crippen molar-refractivity contribution >= 4 is 12.0 Å². The normalized spacial score (nSPS) is 11.9. The molecular formula is C36H40N4. The summed E-state index contributed by atoms with van der Waals surface area (Å²) in [5, 5.41) is 3.66. The number of likely N-dealkylation sites (N-methyl/N-ethyl adjacent to an activating group) is 1. The number of nitrogens with one attached hydrogen (secondary N) is 1. The summed E-state index contributed by atoms with van der Waals surface area (Å²) in [7, 11) is 2.07. The van der Waals surface area contributed by atoms with Gasteiger partial charge in [0.2, 0.25) is 0 Å². The van der Waals surface area contributed by atoms with E-state index in [4.69, 9.17) is 10.7 Å². The maximum absolute atomic E-state index is 5.98. The van der Waals surface area contributed by atoms with Gasteiger partial charge in [-0.25, -0.2) is 0 Å². The van der Waals surface area contributed by atoms with Gasteiger partial charge in [0.05, 0.1) is 6.34 Å². The van der Waals surface area contributed by atoms with E-state index in [-0.39, 0.29) is 0 Å². The Labute approximate surface area is 239 Å². The highest BCUT2D eigenvalue weighted by Gasteiger charge is 2.38. The van der Waals surface area contributed by atoms with E-state index < -0.39 is 5.54 Å². The second-order valence-electron chi connectivity index (χ2n) is 10.1. The minimum Gasteiger partial charge on any atom is -0.390 e. The summed E-state index contributed by atoms with van der Waals surface area (Å²) in [5.41, 5.74) is 14.1.